The van der Waals surface area contributed by atoms with Gasteiger partial charge in [-0.2, -0.15) is 0 Å². The highest BCUT2D eigenvalue weighted by Gasteiger charge is 2.22. The number of hydrogen-bond donors (Lipinski definition) is 0. The maximum Gasteiger partial charge on any atom is 0.210 e. The van der Waals surface area contributed by atoms with E-state index < -0.39 is 5.82 Å². The van der Waals surface area contributed by atoms with E-state index in [1.54, 1.807) is 30.3 Å². The van der Waals surface area contributed by atoms with Crippen LogP contribution in [0.4, 0.5) is 4.39 Å². The second kappa shape index (κ2) is 12.9. The summed E-state index contributed by atoms with van der Waals surface area (Å²) in [6, 6.07) is 11.3. The van der Waals surface area contributed by atoms with E-state index in [4.69, 9.17) is 45.0 Å². The van der Waals surface area contributed by atoms with Crippen molar-refractivity contribution in [3.63, 3.8) is 0 Å². The van der Waals surface area contributed by atoms with Crippen LogP contribution in [0.5, 0.6) is 34.5 Å². The third kappa shape index (κ3) is 5.95. The van der Waals surface area contributed by atoms with Crippen LogP contribution >= 0.6 is 23.4 Å². The molecule has 0 aliphatic heterocycles. The van der Waals surface area contributed by atoms with Crippen LogP contribution < -0.4 is 28.4 Å². The van der Waals surface area contributed by atoms with Crippen molar-refractivity contribution in [2.24, 2.45) is 0 Å². The van der Waals surface area contributed by atoms with Crippen LogP contribution in [0, 0.1) is 5.82 Å². The third-order valence-corrected chi connectivity index (χ3v) is 7.15. The van der Waals surface area contributed by atoms with Crippen molar-refractivity contribution in [1.82, 2.24) is 15.2 Å². The quantitative estimate of drug-likeness (QED) is 0.185. The molecular formula is C28H27ClFN3O6S. The number of halogens is 2. The van der Waals surface area contributed by atoms with E-state index in [9.17, 15) is 4.39 Å². The molecule has 1 heterocycles. The van der Waals surface area contributed by atoms with Crippen LogP contribution in [0.25, 0.3) is 22.5 Å². The van der Waals surface area contributed by atoms with E-state index in [1.165, 1.54) is 66.6 Å². The van der Waals surface area contributed by atoms with Crippen LogP contribution in [-0.2, 0) is 5.75 Å². The number of benzene rings is 3. The largest absolute Gasteiger partial charge is 0.493 e. The smallest absolute Gasteiger partial charge is 0.210 e. The minimum atomic E-state index is -0.406. The Morgan fingerprint density at radius 3 is 1.62 bits per heavy atom. The Labute approximate surface area is 240 Å². The SMILES string of the molecule is COc1cc(-c2nnc(SCc3ccc(F)cc3Cl)nc2-c2cc(OC)c(OC)c(OC)c2)cc(OC)c1OC. The predicted octanol–water partition coefficient (Wildman–Crippen LogP) is 6.34. The Balaban J connectivity index is 1.89. The lowest BCUT2D eigenvalue weighted by atomic mass is 10.0. The highest BCUT2D eigenvalue weighted by atomic mass is 35.5. The van der Waals surface area contributed by atoms with Crippen molar-refractivity contribution >= 4 is 23.4 Å². The zero-order valence-electron chi connectivity index (χ0n) is 22.7. The summed E-state index contributed by atoms with van der Waals surface area (Å²) in [5.41, 5.74) is 2.92. The molecule has 0 spiro atoms. The summed E-state index contributed by atoms with van der Waals surface area (Å²) < 4.78 is 46.7. The van der Waals surface area contributed by atoms with Gasteiger partial charge in [-0.3, -0.25) is 0 Å². The summed E-state index contributed by atoms with van der Waals surface area (Å²) in [5.74, 6) is 2.64. The van der Waals surface area contributed by atoms with Gasteiger partial charge in [-0.25, -0.2) is 9.37 Å². The normalized spacial score (nSPS) is 10.7. The topological polar surface area (TPSA) is 94.1 Å². The molecule has 1 aromatic heterocycles. The average Bonchev–Trinajstić information content (AvgIpc) is 2.98. The van der Waals surface area contributed by atoms with Crippen LogP contribution in [0.3, 0.4) is 0 Å². The van der Waals surface area contributed by atoms with E-state index in [0.717, 1.165) is 5.56 Å². The molecule has 0 bridgehead atoms. The van der Waals surface area contributed by atoms with Crippen molar-refractivity contribution in [3.8, 4) is 57.0 Å². The fourth-order valence-corrected chi connectivity index (χ4v) is 5.09. The standard InChI is InChI=1S/C28H27ClFN3O6S/c1-34-20-9-16(10-21(35-2)26(20)38-5)24-25(17-11-22(36-3)27(39-6)23(12-17)37-4)32-33-28(31-24)40-14-15-7-8-18(30)13-19(15)29/h7-13H,14H2,1-6H3. The molecule has 3 aromatic carbocycles. The first-order chi connectivity index (χ1) is 19.4. The van der Waals surface area contributed by atoms with Crippen LogP contribution in [0.1, 0.15) is 5.56 Å². The van der Waals surface area contributed by atoms with Gasteiger partial charge in [-0.1, -0.05) is 29.4 Å². The highest BCUT2D eigenvalue weighted by Crippen LogP contribution is 2.45. The van der Waals surface area contributed by atoms with Crippen LogP contribution in [0.2, 0.25) is 5.02 Å². The van der Waals surface area contributed by atoms with Gasteiger partial charge in [0, 0.05) is 21.9 Å². The maximum absolute atomic E-state index is 13.5. The van der Waals surface area contributed by atoms with Gasteiger partial charge < -0.3 is 28.4 Å². The number of methoxy groups -OCH3 is 6. The summed E-state index contributed by atoms with van der Waals surface area (Å²) in [5, 5.41) is 9.60. The summed E-state index contributed by atoms with van der Waals surface area (Å²) in [7, 11) is 9.20. The fourth-order valence-electron chi connectivity index (χ4n) is 3.98. The number of ether oxygens (including phenoxy) is 6. The zero-order chi connectivity index (χ0) is 28.8. The second-order valence-electron chi connectivity index (χ2n) is 8.14. The minimum Gasteiger partial charge on any atom is -0.493 e. The molecule has 0 saturated carbocycles. The molecule has 0 aliphatic carbocycles. The van der Waals surface area contributed by atoms with Crippen LogP contribution in [-0.4, -0.2) is 57.8 Å². The zero-order valence-corrected chi connectivity index (χ0v) is 24.3. The molecular weight excluding hydrogens is 561 g/mol. The van der Waals surface area contributed by atoms with Gasteiger partial charge in [-0.15, -0.1) is 10.2 Å². The predicted molar refractivity (Wildman–Crippen MR) is 151 cm³/mol. The minimum absolute atomic E-state index is 0.319. The van der Waals surface area contributed by atoms with E-state index >= 15 is 0 Å². The van der Waals surface area contributed by atoms with Crippen molar-refractivity contribution in [2.45, 2.75) is 10.9 Å². The molecule has 12 heteroatoms. The Morgan fingerprint density at radius 2 is 1.18 bits per heavy atom. The number of thioether (sulfide) groups is 1. The van der Waals surface area contributed by atoms with Crippen molar-refractivity contribution < 1.29 is 32.8 Å². The summed E-state index contributed by atoms with van der Waals surface area (Å²) in [6.45, 7) is 0. The molecule has 0 atom stereocenters. The van der Waals surface area contributed by atoms with Crippen molar-refractivity contribution in [1.29, 1.82) is 0 Å². The average molecular weight is 588 g/mol. The fraction of sp³-hybridized carbons (Fsp3) is 0.250. The molecule has 4 rings (SSSR count). The van der Waals surface area contributed by atoms with E-state index in [0.29, 0.717) is 72.9 Å². The molecule has 0 fully saturated rings. The first-order valence-electron chi connectivity index (χ1n) is 11.8. The highest BCUT2D eigenvalue weighted by molar-refractivity contribution is 7.98. The summed E-state index contributed by atoms with van der Waals surface area (Å²) >= 11 is 7.53. The first-order valence-corrected chi connectivity index (χ1v) is 13.2. The third-order valence-electron chi connectivity index (χ3n) is 5.92. The molecule has 0 unspecified atom stereocenters. The molecule has 0 N–H and O–H groups in total. The first kappa shape index (κ1) is 29.0. The molecule has 0 saturated heterocycles. The van der Waals surface area contributed by atoms with Gasteiger partial charge >= 0.3 is 0 Å². The van der Waals surface area contributed by atoms with Gasteiger partial charge in [0.05, 0.1) is 42.7 Å². The summed E-state index contributed by atoms with van der Waals surface area (Å²) in [6.07, 6.45) is 0. The molecule has 210 valence electrons. The van der Waals surface area contributed by atoms with Gasteiger partial charge in [0.2, 0.25) is 16.7 Å². The molecule has 0 amide bonds. The lowest BCUT2D eigenvalue weighted by molar-refractivity contribution is 0.324. The number of hydrogen-bond acceptors (Lipinski definition) is 10. The lowest BCUT2D eigenvalue weighted by Crippen LogP contribution is -2.02. The van der Waals surface area contributed by atoms with E-state index in [2.05, 4.69) is 10.2 Å². The molecule has 0 radical (unpaired) electrons. The van der Waals surface area contributed by atoms with Gasteiger partial charge in [0.25, 0.3) is 0 Å². The van der Waals surface area contributed by atoms with E-state index in [1.807, 2.05) is 0 Å². The molecule has 4 aromatic rings. The molecule has 0 aliphatic rings. The Bertz CT molecular complexity index is 1470. The van der Waals surface area contributed by atoms with Crippen molar-refractivity contribution in [2.75, 3.05) is 42.7 Å². The lowest BCUT2D eigenvalue weighted by Gasteiger charge is -2.17. The molecule has 40 heavy (non-hydrogen) atoms. The summed E-state index contributed by atoms with van der Waals surface area (Å²) in [4.78, 5) is 4.85. The Hall–Kier alpha value is -3.96. The number of rotatable bonds is 11. The van der Waals surface area contributed by atoms with Gasteiger partial charge in [0.15, 0.2) is 23.0 Å². The Morgan fingerprint density at radius 1 is 0.675 bits per heavy atom. The Kier molecular flexibility index (Phi) is 9.38. The second-order valence-corrected chi connectivity index (χ2v) is 9.49. The number of aromatic nitrogens is 3. The van der Waals surface area contributed by atoms with Crippen molar-refractivity contribution in [3.05, 3.63) is 58.9 Å². The monoisotopic (exact) mass is 587 g/mol. The van der Waals surface area contributed by atoms with Gasteiger partial charge in [0.1, 0.15) is 17.2 Å². The van der Waals surface area contributed by atoms with Gasteiger partial charge in [-0.05, 0) is 42.0 Å². The number of nitrogens with zero attached hydrogens (tertiary/aromatic N) is 3. The maximum atomic E-state index is 13.5. The van der Waals surface area contributed by atoms with Crippen LogP contribution in [0.15, 0.2) is 47.6 Å². The molecule has 9 nitrogen and oxygen atoms in total. The van der Waals surface area contributed by atoms with E-state index in [-0.39, 0.29) is 0 Å².